The summed E-state index contributed by atoms with van der Waals surface area (Å²) in [6, 6.07) is 10.4. The first-order valence-electron chi connectivity index (χ1n) is 5.86. The molecule has 0 saturated heterocycles. The van der Waals surface area contributed by atoms with Gasteiger partial charge in [0.15, 0.2) is 0 Å². The van der Waals surface area contributed by atoms with Crippen LogP contribution < -0.4 is 5.32 Å². The molecule has 0 amide bonds. The number of nitriles is 1. The highest BCUT2D eigenvalue weighted by Crippen LogP contribution is 2.21. The van der Waals surface area contributed by atoms with E-state index in [0.717, 1.165) is 24.0 Å². The number of hydrogen-bond donors (Lipinski definition) is 1. The number of nitrogens with one attached hydrogen (secondary N) is 1. The fourth-order valence-electron chi connectivity index (χ4n) is 1.66. The lowest BCUT2D eigenvalue weighted by molar-refractivity contribution is 0.317. The molecule has 1 aromatic rings. The lowest BCUT2D eigenvalue weighted by Gasteiger charge is -2.24. The number of halogens is 1. The maximum Gasteiger partial charge on any atom is 0.0621 e. The van der Waals surface area contributed by atoms with Crippen LogP contribution in [0.25, 0.3) is 0 Å². The van der Waals surface area contributed by atoms with Crippen molar-refractivity contribution in [1.29, 1.82) is 5.26 Å². The van der Waals surface area contributed by atoms with Gasteiger partial charge in [-0.05, 0) is 23.5 Å². The zero-order valence-corrected chi connectivity index (χ0v) is 12.0. The van der Waals surface area contributed by atoms with Crippen LogP contribution in [-0.4, -0.2) is 6.54 Å². The van der Waals surface area contributed by atoms with Crippen molar-refractivity contribution in [2.45, 2.75) is 33.2 Å². The maximum absolute atomic E-state index is 8.59. The minimum absolute atomic E-state index is 0.178. The quantitative estimate of drug-likeness (QED) is 0.864. The number of rotatable bonds is 6. The molecule has 2 nitrogen and oxygen atoms in total. The third kappa shape index (κ3) is 5.34. The van der Waals surface area contributed by atoms with Gasteiger partial charge in [-0.3, -0.25) is 0 Å². The highest BCUT2D eigenvalue weighted by atomic mass is 79.9. The fraction of sp³-hybridized carbons (Fsp3) is 0.500. The molecule has 0 aliphatic rings. The van der Waals surface area contributed by atoms with Crippen LogP contribution in [0.5, 0.6) is 0 Å². The molecule has 0 radical (unpaired) electrons. The van der Waals surface area contributed by atoms with Crippen molar-refractivity contribution in [3.05, 3.63) is 34.3 Å². The topological polar surface area (TPSA) is 35.8 Å². The summed E-state index contributed by atoms with van der Waals surface area (Å²) >= 11 is 3.54. The van der Waals surface area contributed by atoms with Crippen molar-refractivity contribution in [3.63, 3.8) is 0 Å². The van der Waals surface area contributed by atoms with Gasteiger partial charge in [0.05, 0.1) is 6.07 Å². The molecular formula is C14H19BrN2. The molecule has 0 heterocycles. The van der Waals surface area contributed by atoms with E-state index in [1.165, 1.54) is 5.56 Å². The average molecular weight is 295 g/mol. The summed E-state index contributed by atoms with van der Waals surface area (Å²) in [6.07, 6.45) is 1.57. The summed E-state index contributed by atoms with van der Waals surface area (Å²) in [5.41, 5.74) is 1.44. The third-order valence-corrected chi connectivity index (χ3v) is 3.56. The van der Waals surface area contributed by atoms with E-state index in [0.29, 0.717) is 6.42 Å². The van der Waals surface area contributed by atoms with E-state index in [-0.39, 0.29) is 5.41 Å². The van der Waals surface area contributed by atoms with E-state index in [4.69, 9.17) is 5.26 Å². The summed E-state index contributed by atoms with van der Waals surface area (Å²) in [5, 5.41) is 12.0. The van der Waals surface area contributed by atoms with Crippen LogP contribution in [0.3, 0.4) is 0 Å². The number of hydrogen-bond acceptors (Lipinski definition) is 2. The third-order valence-electron chi connectivity index (χ3n) is 2.79. The average Bonchev–Trinajstić information content (AvgIpc) is 2.29. The maximum atomic E-state index is 8.59. The largest absolute Gasteiger partial charge is 0.312 e. The molecule has 1 N–H and O–H groups in total. The molecule has 0 bridgehead atoms. The van der Waals surface area contributed by atoms with E-state index in [1.54, 1.807) is 0 Å². The van der Waals surface area contributed by atoms with E-state index in [1.807, 2.05) is 12.1 Å². The minimum atomic E-state index is 0.178. The molecule has 92 valence electrons. The Kier molecular flexibility index (Phi) is 5.67. The molecule has 0 aromatic heterocycles. The van der Waals surface area contributed by atoms with Gasteiger partial charge in [0.2, 0.25) is 0 Å². The fourth-order valence-corrected chi connectivity index (χ4v) is 2.08. The zero-order chi connectivity index (χ0) is 12.7. The van der Waals surface area contributed by atoms with Gasteiger partial charge in [-0.2, -0.15) is 5.26 Å². The van der Waals surface area contributed by atoms with Gasteiger partial charge in [-0.25, -0.2) is 0 Å². The molecule has 0 atom stereocenters. The first kappa shape index (κ1) is 14.2. The van der Waals surface area contributed by atoms with Gasteiger partial charge in [0.1, 0.15) is 0 Å². The van der Waals surface area contributed by atoms with Gasteiger partial charge < -0.3 is 5.32 Å². The van der Waals surface area contributed by atoms with Crippen molar-refractivity contribution in [2.24, 2.45) is 5.41 Å². The molecule has 3 heteroatoms. The van der Waals surface area contributed by atoms with Crippen molar-refractivity contribution in [1.82, 2.24) is 5.32 Å². The van der Waals surface area contributed by atoms with Crippen molar-refractivity contribution >= 4 is 15.9 Å². The van der Waals surface area contributed by atoms with Gasteiger partial charge in [0, 0.05) is 24.0 Å². The van der Waals surface area contributed by atoms with Crippen LogP contribution in [0, 0.1) is 16.7 Å². The molecule has 0 unspecified atom stereocenters. The van der Waals surface area contributed by atoms with E-state index in [2.05, 4.69) is 53.3 Å². The normalized spacial score (nSPS) is 11.2. The summed E-state index contributed by atoms with van der Waals surface area (Å²) in [5.74, 6) is 0. The Morgan fingerprint density at radius 3 is 2.71 bits per heavy atom. The highest BCUT2D eigenvalue weighted by Gasteiger charge is 2.16. The lowest BCUT2D eigenvalue weighted by atomic mass is 9.88. The molecule has 1 aromatic carbocycles. The van der Waals surface area contributed by atoms with Crippen LogP contribution in [-0.2, 0) is 6.54 Å². The molecule has 0 saturated carbocycles. The molecule has 0 aliphatic carbocycles. The van der Waals surface area contributed by atoms with Crippen LogP contribution in [0.1, 0.15) is 32.3 Å². The second-order valence-electron chi connectivity index (χ2n) is 5.02. The Labute approximate surface area is 112 Å². The van der Waals surface area contributed by atoms with Gasteiger partial charge in [0.25, 0.3) is 0 Å². The molecule has 0 spiro atoms. The summed E-state index contributed by atoms with van der Waals surface area (Å²) in [6.45, 7) is 6.17. The predicted octanol–water partition coefficient (Wildman–Crippen LogP) is 3.87. The minimum Gasteiger partial charge on any atom is -0.312 e. The van der Waals surface area contributed by atoms with Crippen LogP contribution >= 0.6 is 15.9 Å². The highest BCUT2D eigenvalue weighted by molar-refractivity contribution is 9.10. The first-order valence-corrected chi connectivity index (χ1v) is 6.65. The molecule has 17 heavy (non-hydrogen) atoms. The standard InChI is InChI=1S/C14H19BrN2/c1-14(2,8-5-9-16)11-17-10-12-6-3-4-7-13(12)15/h3-4,6-7,17H,5,8,10-11H2,1-2H3. The number of benzene rings is 1. The van der Waals surface area contributed by atoms with E-state index >= 15 is 0 Å². The van der Waals surface area contributed by atoms with E-state index in [9.17, 15) is 0 Å². The van der Waals surface area contributed by atoms with Crippen LogP contribution in [0.15, 0.2) is 28.7 Å². The van der Waals surface area contributed by atoms with Crippen molar-refractivity contribution < 1.29 is 0 Å². The SMILES string of the molecule is CC(C)(CCC#N)CNCc1ccccc1Br. The number of nitrogens with zero attached hydrogens (tertiary/aromatic N) is 1. The van der Waals surface area contributed by atoms with Gasteiger partial charge in [-0.15, -0.1) is 0 Å². The summed E-state index contributed by atoms with van der Waals surface area (Å²) in [4.78, 5) is 0. The Balaban J connectivity index is 2.38. The zero-order valence-electron chi connectivity index (χ0n) is 10.5. The Morgan fingerprint density at radius 2 is 2.06 bits per heavy atom. The second-order valence-corrected chi connectivity index (χ2v) is 5.87. The Morgan fingerprint density at radius 1 is 1.35 bits per heavy atom. The molecule has 0 aliphatic heterocycles. The summed E-state index contributed by atoms with van der Waals surface area (Å²) in [7, 11) is 0. The van der Waals surface area contributed by atoms with Gasteiger partial charge >= 0.3 is 0 Å². The summed E-state index contributed by atoms with van der Waals surface area (Å²) < 4.78 is 1.14. The molecular weight excluding hydrogens is 276 g/mol. The van der Waals surface area contributed by atoms with Crippen LogP contribution in [0.4, 0.5) is 0 Å². The molecule has 0 fully saturated rings. The Bertz CT molecular complexity index is 393. The van der Waals surface area contributed by atoms with Crippen LogP contribution in [0.2, 0.25) is 0 Å². The van der Waals surface area contributed by atoms with Gasteiger partial charge in [-0.1, -0.05) is 48.0 Å². The smallest absolute Gasteiger partial charge is 0.0621 e. The van der Waals surface area contributed by atoms with E-state index < -0.39 is 0 Å². The van der Waals surface area contributed by atoms with Crippen molar-refractivity contribution in [2.75, 3.05) is 6.54 Å². The first-order chi connectivity index (χ1) is 8.05. The Hall–Kier alpha value is -0.850. The second kappa shape index (κ2) is 6.78. The monoisotopic (exact) mass is 294 g/mol. The van der Waals surface area contributed by atoms with Crippen molar-refractivity contribution in [3.8, 4) is 6.07 Å². The molecule has 1 rings (SSSR count). The lowest BCUT2D eigenvalue weighted by Crippen LogP contribution is -2.29. The predicted molar refractivity (Wildman–Crippen MR) is 74.5 cm³/mol.